The minimum atomic E-state index is -0.174. The molecule has 5 nitrogen and oxygen atoms in total. The molecule has 0 aliphatic carbocycles. The molecular formula is C20H14ClN3O2S. The monoisotopic (exact) mass is 395 g/mol. The molecular weight excluding hydrogens is 382 g/mol. The summed E-state index contributed by atoms with van der Waals surface area (Å²) >= 11 is 7.10. The average Bonchev–Trinajstić information content (AvgIpc) is 3.15. The molecule has 1 heterocycles. The summed E-state index contributed by atoms with van der Waals surface area (Å²) in [5.74, 6) is 0.417. The number of fused-ring (bicyclic) bond motifs is 1. The molecule has 0 spiro atoms. The van der Waals surface area contributed by atoms with Crippen molar-refractivity contribution in [3.63, 3.8) is 0 Å². The summed E-state index contributed by atoms with van der Waals surface area (Å²) in [4.78, 5) is 12.1. The van der Waals surface area contributed by atoms with Crippen LogP contribution in [-0.4, -0.2) is 21.9 Å². The molecule has 0 bridgehead atoms. The van der Waals surface area contributed by atoms with Gasteiger partial charge in [-0.1, -0.05) is 65.8 Å². The van der Waals surface area contributed by atoms with Gasteiger partial charge in [0.15, 0.2) is 0 Å². The van der Waals surface area contributed by atoms with Crippen LogP contribution in [0.5, 0.6) is 0 Å². The van der Waals surface area contributed by atoms with E-state index in [2.05, 4.69) is 15.5 Å². The predicted molar refractivity (Wildman–Crippen MR) is 108 cm³/mol. The van der Waals surface area contributed by atoms with E-state index in [1.165, 1.54) is 11.8 Å². The normalized spacial score (nSPS) is 10.9. The first kappa shape index (κ1) is 17.6. The fourth-order valence-corrected chi connectivity index (χ4v) is 3.43. The van der Waals surface area contributed by atoms with Crippen LogP contribution in [-0.2, 0) is 4.79 Å². The maximum Gasteiger partial charge on any atom is 0.277 e. The van der Waals surface area contributed by atoms with Crippen LogP contribution in [0, 0.1) is 0 Å². The lowest BCUT2D eigenvalue weighted by Crippen LogP contribution is -2.13. The number of nitrogens with one attached hydrogen (secondary N) is 1. The highest BCUT2D eigenvalue weighted by Gasteiger charge is 2.13. The molecule has 0 unspecified atom stereocenters. The van der Waals surface area contributed by atoms with Crippen molar-refractivity contribution < 1.29 is 9.21 Å². The number of nitrogens with zero attached hydrogens (tertiary/aromatic N) is 2. The lowest BCUT2D eigenvalue weighted by molar-refractivity contribution is -0.113. The number of halogens is 1. The molecule has 0 radical (unpaired) electrons. The Bertz CT molecular complexity index is 1110. The molecule has 7 heteroatoms. The number of carbonyl (C=O) groups excluding carboxylic acids is 1. The minimum Gasteiger partial charge on any atom is -0.411 e. The fourth-order valence-electron chi connectivity index (χ4n) is 2.68. The largest absolute Gasteiger partial charge is 0.411 e. The zero-order valence-corrected chi connectivity index (χ0v) is 15.6. The van der Waals surface area contributed by atoms with Gasteiger partial charge in [0.2, 0.25) is 11.8 Å². The maximum atomic E-state index is 12.1. The number of hydrogen-bond donors (Lipinski definition) is 1. The van der Waals surface area contributed by atoms with Crippen LogP contribution in [0.15, 0.2) is 76.4 Å². The van der Waals surface area contributed by atoms with Crippen molar-refractivity contribution in [3.8, 4) is 11.5 Å². The van der Waals surface area contributed by atoms with Crippen molar-refractivity contribution in [1.29, 1.82) is 0 Å². The third-order valence-corrected chi connectivity index (χ3v) is 4.92. The van der Waals surface area contributed by atoms with Crippen LogP contribution in [0.2, 0.25) is 5.02 Å². The van der Waals surface area contributed by atoms with Gasteiger partial charge in [-0.25, -0.2) is 0 Å². The Kier molecular flexibility index (Phi) is 5.09. The molecule has 0 saturated carbocycles. The highest BCUT2D eigenvalue weighted by atomic mass is 35.5. The second-order valence-corrected chi connectivity index (χ2v) is 7.11. The molecule has 0 saturated heterocycles. The average molecular weight is 396 g/mol. The zero-order chi connectivity index (χ0) is 18.6. The first-order valence-electron chi connectivity index (χ1n) is 8.19. The van der Waals surface area contributed by atoms with Crippen LogP contribution < -0.4 is 5.32 Å². The van der Waals surface area contributed by atoms with E-state index in [0.29, 0.717) is 21.8 Å². The Morgan fingerprint density at radius 1 is 1.04 bits per heavy atom. The van der Waals surface area contributed by atoms with E-state index in [1.807, 2.05) is 42.5 Å². The van der Waals surface area contributed by atoms with Crippen molar-refractivity contribution in [2.24, 2.45) is 0 Å². The number of benzene rings is 3. The van der Waals surface area contributed by atoms with Gasteiger partial charge in [-0.15, -0.1) is 10.2 Å². The standard InChI is InChI=1S/C20H14ClN3O2S/c21-14-7-4-8-15(11-14)22-18(25)12-27-20-24-23-19(26-20)17-10-3-6-13-5-1-2-9-16(13)17/h1-11H,12H2,(H,22,25). The maximum absolute atomic E-state index is 12.1. The molecule has 4 aromatic rings. The molecule has 1 aromatic heterocycles. The van der Waals surface area contributed by atoms with E-state index in [-0.39, 0.29) is 11.7 Å². The van der Waals surface area contributed by atoms with Crippen LogP contribution in [0.3, 0.4) is 0 Å². The first-order chi connectivity index (χ1) is 13.2. The predicted octanol–water partition coefficient (Wildman–Crippen LogP) is 5.27. The Hall–Kier alpha value is -2.83. The summed E-state index contributed by atoms with van der Waals surface area (Å²) in [5, 5.41) is 14.0. The fraction of sp³-hybridized carbons (Fsp3) is 0.0500. The summed E-state index contributed by atoms with van der Waals surface area (Å²) in [6.07, 6.45) is 0. The number of anilines is 1. The highest BCUT2D eigenvalue weighted by molar-refractivity contribution is 7.99. The number of aromatic nitrogens is 2. The lowest BCUT2D eigenvalue weighted by atomic mass is 10.0. The van der Waals surface area contributed by atoms with Gasteiger partial charge in [-0.05, 0) is 35.0 Å². The molecule has 0 fully saturated rings. The van der Waals surface area contributed by atoms with Gasteiger partial charge in [0.25, 0.3) is 5.22 Å². The molecule has 4 rings (SSSR count). The highest BCUT2D eigenvalue weighted by Crippen LogP contribution is 2.29. The zero-order valence-electron chi connectivity index (χ0n) is 14.1. The summed E-state index contributed by atoms with van der Waals surface area (Å²) in [5.41, 5.74) is 1.52. The Balaban J connectivity index is 1.44. The van der Waals surface area contributed by atoms with Crippen molar-refractivity contribution in [2.75, 3.05) is 11.1 Å². The van der Waals surface area contributed by atoms with Gasteiger partial charge >= 0.3 is 0 Å². The van der Waals surface area contributed by atoms with E-state index in [9.17, 15) is 4.79 Å². The van der Waals surface area contributed by atoms with E-state index in [4.69, 9.17) is 16.0 Å². The van der Waals surface area contributed by atoms with E-state index in [0.717, 1.165) is 16.3 Å². The van der Waals surface area contributed by atoms with Gasteiger partial charge in [0.1, 0.15) is 0 Å². The second-order valence-electron chi connectivity index (χ2n) is 5.75. The topological polar surface area (TPSA) is 68.0 Å². The molecule has 3 aromatic carbocycles. The third-order valence-electron chi connectivity index (χ3n) is 3.86. The van der Waals surface area contributed by atoms with Crippen molar-refractivity contribution in [2.45, 2.75) is 5.22 Å². The van der Waals surface area contributed by atoms with Crippen LogP contribution in [0.1, 0.15) is 0 Å². The molecule has 0 aliphatic heterocycles. The number of hydrogen-bond acceptors (Lipinski definition) is 5. The Morgan fingerprint density at radius 2 is 1.85 bits per heavy atom. The minimum absolute atomic E-state index is 0.156. The molecule has 0 aliphatic rings. The number of thioether (sulfide) groups is 1. The second kappa shape index (κ2) is 7.82. The molecule has 1 amide bonds. The quantitative estimate of drug-likeness (QED) is 0.466. The number of carbonyl (C=O) groups is 1. The van der Waals surface area contributed by atoms with Gasteiger partial charge < -0.3 is 9.73 Å². The Labute approximate surface area is 164 Å². The molecule has 0 atom stereocenters. The summed E-state index contributed by atoms with van der Waals surface area (Å²) < 4.78 is 5.74. The van der Waals surface area contributed by atoms with E-state index < -0.39 is 0 Å². The van der Waals surface area contributed by atoms with Gasteiger partial charge in [-0.3, -0.25) is 4.79 Å². The van der Waals surface area contributed by atoms with Crippen LogP contribution in [0.4, 0.5) is 5.69 Å². The van der Waals surface area contributed by atoms with Crippen LogP contribution >= 0.6 is 23.4 Å². The first-order valence-corrected chi connectivity index (χ1v) is 9.55. The summed E-state index contributed by atoms with van der Waals surface area (Å²) in [6.45, 7) is 0. The third kappa shape index (κ3) is 4.13. The summed E-state index contributed by atoms with van der Waals surface area (Å²) in [6, 6.07) is 20.9. The van der Waals surface area contributed by atoms with Gasteiger partial charge in [-0.2, -0.15) is 0 Å². The van der Waals surface area contributed by atoms with E-state index >= 15 is 0 Å². The van der Waals surface area contributed by atoms with Gasteiger partial charge in [0, 0.05) is 16.3 Å². The molecule has 1 N–H and O–H groups in total. The summed E-state index contributed by atoms with van der Waals surface area (Å²) in [7, 11) is 0. The number of amides is 1. The SMILES string of the molecule is O=C(CSc1nnc(-c2cccc3ccccc23)o1)Nc1cccc(Cl)c1. The lowest BCUT2D eigenvalue weighted by Gasteiger charge is -2.04. The van der Waals surface area contributed by atoms with Crippen molar-refractivity contribution >= 4 is 45.7 Å². The smallest absolute Gasteiger partial charge is 0.277 e. The van der Waals surface area contributed by atoms with Crippen LogP contribution in [0.25, 0.3) is 22.2 Å². The van der Waals surface area contributed by atoms with E-state index in [1.54, 1.807) is 24.3 Å². The Morgan fingerprint density at radius 3 is 2.74 bits per heavy atom. The molecule has 134 valence electrons. The number of rotatable bonds is 5. The van der Waals surface area contributed by atoms with Gasteiger partial charge in [0.05, 0.1) is 5.75 Å². The van der Waals surface area contributed by atoms with Crippen molar-refractivity contribution in [3.05, 3.63) is 71.8 Å². The van der Waals surface area contributed by atoms with Crippen molar-refractivity contribution in [1.82, 2.24) is 10.2 Å². The molecule has 27 heavy (non-hydrogen) atoms.